The van der Waals surface area contributed by atoms with Crippen LogP contribution in [0.3, 0.4) is 0 Å². The summed E-state index contributed by atoms with van der Waals surface area (Å²) >= 11 is 1.46. The van der Waals surface area contributed by atoms with E-state index in [0.717, 1.165) is 0 Å². The quantitative estimate of drug-likeness (QED) is 0.755. The van der Waals surface area contributed by atoms with E-state index in [-0.39, 0.29) is 17.1 Å². The number of carbonyl (C=O) groups is 2. The highest BCUT2D eigenvalue weighted by molar-refractivity contribution is 8.01. The number of hydrogen-bond donors (Lipinski definition) is 2. The number of carboxylic acids is 1. The van der Waals surface area contributed by atoms with E-state index in [0.29, 0.717) is 22.7 Å². The molecule has 2 saturated heterocycles. The van der Waals surface area contributed by atoms with E-state index in [9.17, 15) is 19.1 Å². The van der Waals surface area contributed by atoms with Gasteiger partial charge in [-0.25, -0.2) is 9.18 Å². The molecule has 3 heterocycles. The van der Waals surface area contributed by atoms with E-state index in [4.69, 9.17) is 4.52 Å². The number of nitrogens with zero attached hydrogens (tertiary/aromatic N) is 2. The fourth-order valence-electron chi connectivity index (χ4n) is 3.92. The Hall–Kier alpha value is -2.55. The Bertz CT molecular complexity index is 974. The van der Waals surface area contributed by atoms with Crippen LogP contribution in [0.15, 0.2) is 28.8 Å². The molecule has 7 nitrogen and oxygen atoms in total. The van der Waals surface area contributed by atoms with Crippen LogP contribution in [0.1, 0.15) is 26.5 Å². The number of benzene rings is 1. The van der Waals surface area contributed by atoms with Crippen LogP contribution in [-0.2, 0) is 9.59 Å². The molecule has 0 saturated carbocycles. The highest BCUT2D eigenvalue weighted by atomic mass is 32.2. The highest BCUT2D eigenvalue weighted by Gasteiger charge is 2.69. The molecule has 9 heteroatoms. The van der Waals surface area contributed by atoms with Crippen molar-refractivity contribution in [1.29, 1.82) is 0 Å². The molecular weight excluding hydrogens is 385 g/mol. The van der Waals surface area contributed by atoms with Crippen LogP contribution in [0, 0.1) is 12.7 Å². The van der Waals surface area contributed by atoms with E-state index >= 15 is 0 Å². The third kappa shape index (κ3) is 2.52. The zero-order valence-corrected chi connectivity index (χ0v) is 16.6. The van der Waals surface area contributed by atoms with Gasteiger partial charge in [0.2, 0.25) is 0 Å². The molecule has 1 aromatic carbocycles. The number of hydrogen-bond acceptors (Lipinski definition) is 6. The maximum atomic E-state index is 13.3. The van der Waals surface area contributed by atoms with Crippen LogP contribution in [0.2, 0.25) is 0 Å². The molecule has 0 spiro atoms. The monoisotopic (exact) mass is 405 g/mol. The molecule has 1 amide bonds. The van der Waals surface area contributed by atoms with Crippen molar-refractivity contribution in [1.82, 2.24) is 10.1 Å². The van der Waals surface area contributed by atoms with Crippen molar-refractivity contribution in [2.45, 2.75) is 49.4 Å². The van der Waals surface area contributed by atoms with Crippen LogP contribution in [0.5, 0.6) is 0 Å². The van der Waals surface area contributed by atoms with Gasteiger partial charge in [-0.3, -0.25) is 4.79 Å². The second-order valence-corrected chi connectivity index (χ2v) is 9.56. The first-order valence-electron chi connectivity index (χ1n) is 8.80. The molecule has 2 aliphatic rings. The average molecular weight is 405 g/mol. The standard InChI is InChI=1S/C19H20FN3O4S/c1-9-12(13(22-27-9)10-5-7-11(20)8-6-10)21-19(4)16(26)23-14(15(24)25)18(2,3)28-17(19)23/h5-8,14,17,21H,1-4H3,(H,24,25)/t14-,17+,19-/m0/s1. The Balaban J connectivity index is 1.68. The lowest BCUT2D eigenvalue weighted by Gasteiger charge is -2.51. The topological polar surface area (TPSA) is 95.7 Å². The number of aryl methyl sites for hydroxylation is 1. The second kappa shape index (κ2) is 5.97. The molecule has 0 radical (unpaired) electrons. The van der Waals surface area contributed by atoms with Crippen LogP contribution in [0.4, 0.5) is 10.1 Å². The molecule has 2 fully saturated rings. The number of carboxylic acid groups (broad SMARTS) is 1. The number of anilines is 1. The first kappa shape index (κ1) is 18.8. The molecule has 1 aromatic heterocycles. The molecule has 4 rings (SSSR count). The van der Waals surface area contributed by atoms with Gasteiger partial charge >= 0.3 is 5.97 Å². The third-order valence-electron chi connectivity index (χ3n) is 5.38. The maximum absolute atomic E-state index is 13.3. The molecule has 0 aliphatic carbocycles. The van der Waals surface area contributed by atoms with Gasteiger partial charge in [-0.2, -0.15) is 0 Å². The van der Waals surface area contributed by atoms with Gasteiger partial charge in [0.15, 0.2) is 5.76 Å². The first-order chi connectivity index (χ1) is 13.1. The van der Waals surface area contributed by atoms with E-state index in [1.807, 2.05) is 13.8 Å². The Morgan fingerprint density at radius 1 is 1.32 bits per heavy atom. The second-order valence-electron chi connectivity index (χ2n) is 7.82. The Kier molecular flexibility index (Phi) is 4.01. The number of rotatable bonds is 4. The van der Waals surface area contributed by atoms with Crippen molar-refractivity contribution in [3.05, 3.63) is 35.8 Å². The smallest absolute Gasteiger partial charge is 0.327 e. The molecule has 0 bridgehead atoms. The molecule has 0 unspecified atom stereocenters. The molecule has 2 aromatic rings. The van der Waals surface area contributed by atoms with Gasteiger partial charge in [-0.05, 0) is 52.0 Å². The van der Waals surface area contributed by atoms with Crippen molar-refractivity contribution in [3.8, 4) is 11.3 Å². The SMILES string of the molecule is Cc1onc(-c2ccc(F)cc2)c1N[C@@]1(C)C(=O)N2[C@@H](C(=O)O)C(C)(C)S[C@@H]21. The molecule has 148 valence electrons. The zero-order chi connectivity index (χ0) is 20.4. The number of β-lactam (4-membered cyclic amide) rings is 1. The van der Waals surface area contributed by atoms with Gasteiger partial charge in [-0.15, -0.1) is 11.8 Å². The van der Waals surface area contributed by atoms with Crippen LogP contribution in [0.25, 0.3) is 11.3 Å². The fourth-order valence-corrected chi connectivity index (χ4v) is 5.57. The van der Waals surface area contributed by atoms with Crippen LogP contribution < -0.4 is 5.32 Å². The Morgan fingerprint density at radius 3 is 2.57 bits per heavy atom. The summed E-state index contributed by atoms with van der Waals surface area (Å²) in [6.45, 7) is 7.14. The van der Waals surface area contributed by atoms with Crippen molar-refractivity contribution in [2.24, 2.45) is 0 Å². The summed E-state index contributed by atoms with van der Waals surface area (Å²) in [6.07, 6.45) is 0. The van der Waals surface area contributed by atoms with E-state index < -0.39 is 22.3 Å². The average Bonchev–Trinajstić information content (AvgIpc) is 3.11. The lowest BCUT2D eigenvalue weighted by Crippen LogP contribution is -2.75. The van der Waals surface area contributed by atoms with Crippen molar-refractivity contribution < 1.29 is 23.6 Å². The number of aliphatic carboxylic acids is 1. The number of halogens is 1. The number of fused-ring (bicyclic) bond motifs is 1. The number of amides is 1. The maximum Gasteiger partial charge on any atom is 0.327 e. The summed E-state index contributed by atoms with van der Waals surface area (Å²) in [5, 5.41) is 16.6. The summed E-state index contributed by atoms with van der Waals surface area (Å²) in [5.74, 6) is -1.17. The van der Waals surface area contributed by atoms with Gasteiger partial charge in [0.25, 0.3) is 5.91 Å². The number of thioether (sulfide) groups is 1. The van der Waals surface area contributed by atoms with E-state index in [1.165, 1.54) is 28.8 Å². The van der Waals surface area contributed by atoms with E-state index in [2.05, 4.69) is 10.5 Å². The molecule has 2 N–H and O–H groups in total. The Morgan fingerprint density at radius 2 is 1.96 bits per heavy atom. The number of nitrogens with one attached hydrogen (secondary N) is 1. The summed E-state index contributed by atoms with van der Waals surface area (Å²) in [4.78, 5) is 26.1. The lowest BCUT2D eigenvalue weighted by atomic mass is 9.85. The van der Waals surface area contributed by atoms with Gasteiger partial charge in [-0.1, -0.05) is 5.16 Å². The predicted molar refractivity (Wildman–Crippen MR) is 102 cm³/mol. The molecule has 28 heavy (non-hydrogen) atoms. The minimum Gasteiger partial charge on any atom is -0.480 e. The predicted octanol–water partition coefficient (Wildman–Crippen LogP) is 3.11. The van der Waals surface area contributed by atoms with Gasteiger partial charge in [0.1, 0.15) is 34.2 Å². The minimum absolute atomic E-state index is 0.284. The highest BCUT2D eigenvalue weighted by Crippen LogP contribution is 2.56. The summed E-state index contributed by atoms with van der Waals surface area (Å²) < 4.78 is 17.9. The van der Waals surface area contributed by atoms with Crippen LogP contribution in [-0.4, -0.2) is 48.7 Å². The molecule has 2 aliphatic heterocycles. The van der Waals surface area contributed by atoms with Crippen molar-refractivity contribution in [3.63, 3.8) is 0 Å². The number of aromatic nitrogens is 1. The largest absolute Gasteiger partial charge is 0.480 e. The summed E-state index contributed by atoms with van der Waals surface area (Å²) in [5.41, 5.74) is 0.661. The third-order valence-corrected chi connectivity index (χ3v) is 7.13. The van der Waals surface area contributed by atoms with Gasteiger partial charge in [0.05, 0.1) is 0 Å². The zero-order valence-electron chi connectivity index (χ0n) is 15.8. The van der Waals surface area contributed by atoms with Crippen molar-refractivity contribution >= 4 is 29.3 Å². The van der Waals surface area contributed by atoms with E-state index in [1.54, 1.807) is 26.0 Å². The minimum atomic E-state index is -1.01. The number of carbonyl (C=O) groups excluding carboxylic acids is 1. The summed E-state index contributed by atoms with van der Waals surface area (Å²) in [6, 6.07) is 4.94. The summed E-state index contributed by atoms with van der Waals surface area (Å²) in [7, 11) is 0. The van der Waals surface area contributed by atoms with Crippen molar-refractivity contribution in [2.75, 3.05) is 5.32 Å². The Labute approximate surface area is 165 Å². The van der Waals surface area contributed by atoms with Gasteiger partial charge in [0, 0.05) is 10.3 Å². The molecular formula is C19H20FN3O4S. The fraction of sp³-hybridized carbons (Fsp3) is 0.421. The normalized spacial score (nSPS) is 28.0. The van der Waals surface area contributed by atoms with Crippen LogP contribution >= 0.6 is 11.8 Å². The first-order valence-corrected chi connectivity index (χ1v) is 9.68. The molecule has 3 atom stereocenters. The van der Waals surface area contributed by atoms with Gasteiger partial charge < -0.3 is 19.8 Å². The lowest BCUT2D eigenvalue weighted by molar-refractivity contribution is -0.163.